The van der Waals surface area contributed by atoms with Crippen LogP contribution in [0.2, 0.25) is 0 Å². The van der Waals surface area contributed by atoms with Crippen molar-refractivity contribution >= 4 is 0 Å². The molecule has 0 amide bonds. The van der Waals surface area contributed by atoms with Gasteiger partial charge in [0.1, 0.15) is 0 Å². The highest BCUT2D eigenvalue weighted by Gasteiger charge is 2.32. The Kier molecular flexibility index (Phi) is 4.15. The van der Waals surface area contributed by atoms with Gasteiger partial charge < -0.3 is 10.8 Å². The van der Waals surface area contributed by atoms with E-state index < -0.39 is 5.60 Å². The molecule has 0 saturated carbocycles. The van der Waals surface area contributed by atoms with Crippen molar-refractivity contribution < 1.29 is 5.11 Å². The van der Waals surface area contributed by atoms with Crippen LogP contribution in [0, 0.1) is 5.92 Å². The first kappa shape index (κ1) is 12.9. The number of rotatable bonds is 3. The van der Waals surface area contributed by atoms with Crippen LogP contribution < -0.4 is 5.73 Å². The maximum atomic E-state index is 10.3. The molecule has 1 aliphatic heterocycles. The van der Waals surface area contributed by atoms with E-state index in [0.29, 0.717) is 18.0 Å². The lowest BCUT2D eigenvalue weighted by molar-refractivity contribution is -0.0350. The molecule has 3 N–H and O–H groups in total. The van der Waals surface area contributed by atoms with Gasteiger partial charge in [0.05, 0.1) is 5.60 Å². The van der Waals surface area contributed by atoms with Gasteiger partial charge in [-0.1, -0.05) is 13.8 Å². The minimum Gasteiger partial charge on any atom is -0.389 e. The molecule has 1 rings (SSSR count). The van der Waals surface area contributed by atoms with E-state index in [-0.39, 0.29) is 0 Å². The molecule has 0 aromatic rings. The summed E-state index contributed by atoms with van der Waals surface area (Å²) in [7, 11) is 0. The fraction of sp³-hybridized carbons (Fsp3) is 1.00. The molecule has 1 aliphatic rings. The van der Waals surface area contributed by atoms with Crippen molar-refractivity contribution in [3.8, 4) is 0 Å². The minimum absolute atomic E-state index is 0.292. The third-order valence-electron chi connectivity index (χ3n) is 3.82. The summed E-state index contributed by atoms with van der Waals surface area (Å²) in [5, 5.41) is 10.3. The van der Waals surface area contributed by atoms with Crippen LogP contribution in [-0.2, 0) is 0 Å². The van der Waals surface area contributed by atoms with Crippen LogP contribution >= 0.6 is 0 Å². The maximum absolute atomic E-state index is 10.3. The summed E-state index contributed by atoms with van der Waals surface area (Å²) in [6, 6.07) is 0.847. The van der Waals surface area contributed by atoms with Crippen molar-refractivity contribution in [3.63, 3.8) is 0 Å². The van der Waals surface area contributed by atoms with Crippen LogP contribution in [0.3, 0.4) is 0 Å². The number of nitrogens with two attached hydrogens (primary N) is 1. The normalized spacial score (nSPS) is 33.0. The fourth-order valence-electron chi connectivity index (χ4n) is 2.09. The zero-order chi connectivity index (χ0) is 11.6. The summed E-state index contributed by atoms with van der Waals surface area (Å²) >= 11 is 0. The van der Waals surface area contributed by atoms with Crippen LogP contribution in [0.1, 0.15) is 40.5 Å². The van der Waals surface area contributed by atoms with Crippen molar-refractivity contribution in [1.82, 2.24) is 4.90 Å². The smallest absolute Gasteiger partial charge is 0.0768 e. The van der Waals surface area contributed by atoms with Crippen molar-refractivity contribution in [1.29, 1.82) is 0 Å². The molecule has 3 atom stereocenters. The average Bonchev–Trinajstić information content (AvgIpc) is 2.09. The molecule has 1 fully saturated rings. The van der Waals surface area contributed by atoms with E-state index in [2.05, 4.69) is 25.7 Å². The summed E-state index contributed by atoms with van der Waals surface area (Å²) in [5.74, 6) is 0.292. The zero-order valence-corrected chi connectivity index (χ0v) is 10.5. The Hall–Kier alpha value is -0.120. The van der Waals surface area contributed by atoms with E-state index in [1.54, 1.807) is 0 Å². The van der Waals surface area contributed by atoms with E-state index in [1.807, 2.05) is 6.92 Å². The second-order valence-corrected chi connectivity index (χ2v) is 5.62. The predicted molar refractivity (Wildman–Crippen MR) is 63.7 cm³/mol. The number of hydrogen-bond acceptors (Lipinski definition) is 3. The molecule has 0 aromatic heterocycles. The van der Waals surface area contributed by atoms with E-state index in [1.165, 1.54) is 0 Å². The molecule has 0 spiro atoms. The summed E-state index contributed by atoms with van der Waals surface area (Å²) in [6.45, 7) is 10.1. The Morgan fingerprint density at radius 2 is 2.13 bits per heavy atom. The molecule has 0 aromatic carbocycles. The van der Waals surface area contributed by atoms with E-state index in [9.17, 15) is 5.11 Å². The second-order valence-electron chi connectivity index (χ2n) is 5.62. The van der Waals surface area contributed by atoms with Gasteiger partial charge in [0, 0.05) is 25.2 Å². The molecule has 3 unspecified atom stereocenters. The molecule has 0 bridgehead atoms. The van der Waals surface area contributed by atoms with Gasteiger partial charge in [0.15, 0.2) is 0 Å². The Morgan fingerprint density at radius 1 is 1.53 bits per heavy atom. The van der Waals surface area contributed by atoms with Crippen LogP contribution in [-0.4, -0.2) is 40.8 Å². The number of aliphatic hydroxyl groups is 1. The van der Waals surface area contributed by atoms with E-state index in [4.69, 9.17) is 5.73 Å². The third kappa shape index (κ3) is 3.44. The van der Waals surface area contributed by atoms with Crippen LogP contribution in [0.25, 0.3) is 0 Å². The molecule has 3 nitrogen and oxygen atoms in total. The van der Waals surface area contributed by atoms with E-state index in [0.717, 1.165) is 25.9 Å². The molecule has 0 aliphatic carbocycles. The lowest BCUT2D eigenvalue weighted by atomic mass is 9.89. The molecule has 90 valence electrons. The standard InChI is InChI=1S/C12H26N2O/c1-9(2)12(4,15)8-14-6-5-11(13)7-10(14)3/h9-11,15H,5-8,13H2,1-4H3. The van der Waals surface area contributed by atoms with Gasteiger partial charge in [0.25, 0.3) is 0 Å². The van der Waals surface area contributed by atoms with Gasteiger partial charge in [-0.15, -0.1) is 0 Å². The number of nitrogens with zero attached hydrogens (tertiary/aromatic N) is 1. The summed E-state index contributed by atoms with van der Waals surface area (Å²) in [5.41, 5.74) is 5.33. The highest BCUT2D eigenvalue weighted by Crippen LogP contribution is 2.23. The molecule has 1 heterocycles. The highest BCUT2D eigenvalue weighted by atomic mass is 16.3. The van der Waals surface area contributed by atoms with Crippen LogP contribution in [0.4, 0.5) is 0 Å². The molecular formula is C12H26N2O. The lowest BCUT2D eigenvalue weighted by Crippen LogP contribution is -2.52. The summed E-state index contributed by atoms with van der Waals surface area (Å²) in [6.07, 6.45) is 2.10. The molecule has 15 heavy (non-hydrogen) atoms. The Bertz CT molecular complexity index is 204. The number of β-amino-alcohol motifs (C(OH)–C–C–N with tert-alkyl or cyclic N) is 1. The highest BCUT2D eigenvalue weighted by molar-refractivity contribution is 4.87. The molecule has 1 saturated heterocycles. The number of hydrogen-bond donors (Lipinski definition) is 2. The predicted octanol–water partition coefficient (Wildman–Crippen LogP) is 1.20. The minimum atomic E-state index is -0.588. The quantitative estimate of drug-likeness (QED) is 0.742. The first-order valence-corrected chi connectivity index (χ1v) is 6.05. The van der Waals surface area contributed by atoms with Crippen LogP contribution in [0.5, 0.6) is 0 Å². The van der Waals surface area contributed by atoms with Gasteiger partial charge >= 0.3 is 0 Å². The largest absolute Gasteiger partial charge is 0.389 e. The summed E-state index contributed by atoms with van der Waals surface area (Å²) < 4.78 is 0. The number of piperidine rings is 1. The molecule has 3 heteroatoms. The Labute approximate surface area is 93.6 Å². The topological polar surface area (TPSA) is 49.5 Å². The van der Waals surface area contributed by atoms with Crippen molar-refractivity contribution in [2.75, 3.05) is 13.1 Å². The SMILES string of the molecule is CC1CC(N)CCN1CC(C)(O)C(C)C. The van der Waals surface area contributed by atoms with Gasteiger partial charge in [0.2, 0.25) is 0 Å². The maximum Gasteiger partial charge on any atom is 0.0768 e. The molecular weight excluding hydrogens is 188 g/mol. The van der Waals surface area contributed by atoms with Gasteiger partial charge in [-0.3, -0.25) is 4.90 Å². The van der Waals surface area contributed by atoms with Gasteiger partial charge in [-0.25, -0.2) is 0 Å². The first-order chi connectivity index (χ1) is 6.83. The van der Waals surface area contributed by atoms with Crippen molar-refractivity contribution in [2.45, 2.75) is 58.2 Å². The fourth-order valence-corrected chi connectivity index (χ4v) is 2.09. The number of likely N-dealkylation sites (tertiary alicyclic amines) is 1. The van der Waals surface area contributed by atoms with Gasteiger partial charge in [-0.2, -0.15) is 0 Å². The monoisotopic (exact) mass is 214 g/mol. The zero-order valence-electron chi connectivity index (χ0n) is 10.5. The average molecular weight is 214 g/mol. The van der Waals surface area contributed by atoms with E-state index >= 15 is 0 Å². The lowest BCUT2D eigenvalue weighted by Gasteiger charge is -2.41. The third-order valence-corrected chi connectivity index (χ3v) is 3.82. The van der Waals surface area contributed by atoms with Crippen molar-refractivity contribution in [3.05, 3.63) is 0 Å². The first-order valence-electron chi connectivity index (χ1n) is 6.05. The molecule has 0 radical (unpaired) electrons. The van der Waals surface area contributed by atoms with Crippen molar-refractivity contribution in [2.24, 2.45) is 11.7 Å². The Balaban J connectivity index is 2.51. The van der Waals surface area contributed by atoms with Gasteiger partial charge in [-0.05, 0) is 32.6 Å². The van der Waals surface area contributed by atoms with Crippen LogP contribution in [0.15, 0.2) is 0 Å². The summed E-state index contributed by atoms with van der Waals surface area (Å²) in [4.78, 5) is 2.36. The Morgan fingerprint density at radius 3 is 2.60 bits per heavy atom. The second kappa shape index (κ2) is 4.81.